The van der Waals surface area contributed by atoms with Crippen molar-refractivity contribution in [3.8, 4) is 11.1 Å². The molecule has 0 saturated heterocycles. The van der Waals surface area contributed by atoms with Gasteiger partial charge >= 0.3 is 12.0 Å². The first-order valence-electron chi connectivity index (χ1n) is 9.74. The molecule has 0 fully saturated rings. The van der Waals surface area contributed by atoms with E-state index in [2.05, 4.69) is 20.8 Å². The molecule has 0 unspecified atom stereocenters. The lowest BCUT2D eigenvalue weighted by Gasteiger charge is -2.11. The predicted molar refractivity (Wildman–Crippen MR) is 127 cm³/mol. The number of hydrogen-bond acceptors (Lipinski definition) is 4. The SMILES string of the molecule is CCOC(=O)c1n[nH]c2cc(-c3cccc(NC(=O)Nc4cccc(Cl)c4Cl)c3)ccc12. The maximum atomic E-state index is 12.4. The summed E-state index contributed by atoms with van der Waals surface area (Å²) in [5, 5.41) is 13.7. The molecule has 0 radical (unpaired) electrons. The third kappa shape index (κ3) is 4.54. The molecule has 4 aromatic rings. The van der Waals surface area contributed by atoms with E-state index in [1.54, 1.807) is 31.2 Å². The number of fused-ring (bicyclic) bond motifs is 1. The van der Waals surface area contributed by atoms with Crippen LogP contribution in [0.3, 0.4) is 0 Å². The Kier molecular flexibility index (Phi) is 6.30. The molecule has 0 atom stereocenters. The Hall–Kier alpha value is -3.55. The van der Waals surface area contributed by atoms with Gasteiger partial charge in [0.1, 0.15) is 0 Å². The lowest BCUT2D eigenvalue weighted by molar-refractivity contribution is 0.0521. The summed E-state index contributed by atoms with van der Waals surface area (Å²) in [6, 6.07) is 17.5. The molecule has 1 aromatic heterocycles. The van der Waals surface area contributed by atoms with E-state index < -0.39 is 12.0 Å². The number of benzene rings is 3. The van der Waals surface area contributed by atoms with E-state index in [-0.39, 0.29) is 17.3 Å². The highest BCUT2D eigenvalue weighted by atomic mass is 35.5. The Morgan fingerprint density at radius 1 is 1.00 bits per heavy atom. The number of nitrogens with one attached hydrogen (secondary N) is 3. The Bertz CT molecular complexity index is 1320. The molecular weight excluding hydrogens is 451 g/mol. The minimum Gasteiger partial charge on any atom is -0.461 e. The molecule has 7 nitrogen and oxygen atoms in total. The van der Waals surface area contributed by atoms with Gasteiger partial charge in [-0.25, -0.2) is 9.59 Å². The average Bonchev–Trinajstić information content (AvgIpc) is 3.21. The second kappa shape index (κ2) is 9.30. The van der Waals surface area contributed by atoms with E-state index >= 15 is 0 Å². The van der Waals surface area contributed by atoms with Gasteiger partial charge in [0.05, 0.1) is 27.9 Å². The van der Waals surface area contributed by atoms with E-state index in [1.165, 1.54) is 0 Å². The summed E-state index contributed by atoms with van der Waals surface area (Å²) in [6.45, 7) is 2.03. The fourth-order valence-electron chi connectivity index (χ4n) is 3.22. The molecule has 4 rings (SSSR count). The van der Waals surface area contributed by atoms with Gasteiger partial charge in [-0.1, -0.05) is 47.5 Å². The van der Waals surface area contributed by atoms with Gasteiger partial charge in [-0.3, -0.25) is 5.10 Å². The molecule has 0 aliphatic rings. The molecule has 162 valence electrons. The van der Waals surface area contributed by atoms with Crippen LogP contribution in [0.4, 0.5) is 16.2 Å². The maximum absolute atomic E-state index is 12.4. The monoisotopic (exact) mass is 468 g/mol. The molecule has 32 heavy (non-hydrogen) atoms. The molecule has 3 aromatic carbocycles. The summed E-state index contributed by atoms with van der Waals surface area (Å²) in [5.41, 5.74) is 3.72. The van der Waals surface area contributed by atoms with Gasteiger partial charge in [0.2, 0.25) is 0 Å². The number of aromatic nitrogens is 2. The molecular formula is C23H18Cl2N4O3. The summed E-state index contributed by atoms with van der Waals surface area (Å²) < 4.78 is 5.04. The molecule has 3 N–H and O–H groups in total. The number of esters is 1. The van der Waals surface area contributed by atoms with E-state index in [1.807, 2.05) is 36.4 Å². The third-order valence-corrected chi connectivity index (χ3v) is 5.50. The van der Waals surface area contributed by atoms with Crippen LogP contribution in [0.2, 0.25) is 10.0 Å². The number of amides is 2. The van der Waals surface area contributed by atoms with Crippen molar-refractivity contribution in [1.82, 2.24) is 10.2 Å². The van der Waals surface area contributed by atoms with Crippen molar-refractivity contribution in [2.75, 3.05) is 17.2 Å². The van der Waals surface area contributed by atoms with Crippen molar-refractivity contribution >= 4 is 57.5 Å². The van der Waals surface area contributed by atoms with Crippen LogP contribution in [0.25, 0.3) is 22.0 Å². The molecule has 0 aliphatic carbocycles. The number of carbonyl (C=O) groups excluding carboxylic acids is 2. The second-order valence-corrected chi connectivity index (χ2v) is 7.60. The highest BCUT2D eigenvalue weighted by Gasteiger charge is 2.16. The van der Waals surface area contributed by atoms with E-state index in [9.17, 15) is 9.59 Å². The average molecular weight is 469 g/mol. The topological polar surface area (TPSA) is 96.1 Å². The fourth-order valence-corrected chi connectivity index (χ4v) is 3.56. The molecule has 2 amide bonds. The minimum atomic E-state index is -0.469. The van der Waals surface area contributed by atoms with Gasteiger partial charge in [0, 0.05) is 11.1 Å². The Morgan fingerprint density at radius 2 is 1.78 bits per heavy atom. The zero-order valence-electron chi connectivity index (χ0n) is 16.9. The summed E-state index contributed by atoms with van der Waals surface area (Å²) in [5.74, 6) is -0.469. The first-order valence-corrected chi connectivity index (χ1v) is 10.5. The number of aromatic amines is 1. The van der Waals surface area contributed by atoms with E-state index in [0.717, 1.165) is 11.1 Å². The fraction of sp³-hybridized carbons (Fsp3) is 0.0870. The number of hydrogen-bond donors (Lipinski definition) is 3. The van der Waals surface area contributed by atoms with Gasteiger partial charge in [-0.2, -0.15) is 5.10 Å². The first kappa shape index (κ1) is 21.7. The normalized spacial score (nSPS) is 10.7. The summed E-state index contributed by atoms with van der Waals surface area (Å²) in [7, 11) is 0. The number of halogens is 2. The number of carbonyl (C=O) groups is 2. The van der Waals surface area contributed by atoms with Crippen molar-refractivity contribution in [3.63, 3.8) is 0 Å². The zero-order chi connectivity index (χ0) is 22.7. The second-order valence-electron chi connectivity index (χ2n) is 6.81. The Labute approximate surface area is 193 Å². The van der Waals surface area contributed by atoms with Crippen LogP contribution in [-0.2, 0) is 4.74 Å². The van der Waals surface area contributed by atoms with Crippen LogP contribution in [0.1, 0.15) is 17.4 Å². The van der Waals surface area contributed by atoms with Gasteiger partial charge in [0.15, 0.2) is 5.69 Å². The van der Waals surface area contributed by atoms with Crippen LogP contribution in [0.5, 0.6) is 0 Å². The van der Waals surface area contributed by atoms with E-state index in [0.29, 0.717) is 27.3 Å². The van der Waals surface area contributed by atoms with Gasteiger partial charge in [-0.15, -0.1) is 0 Å². The smallest absolute Gasteiger partial charge is 0.359 e. The van der Waals surface area contributed by atoms with Gasteiger partial charge in [-0.05, 0) is 54.4 Å². The van der Waals surface area contributed by atoms with Crippen LogP contribution in [0, 0.1) is 0 Å². The summed E-state index contributed by atoms with van der Waals surface area (Å²) in [4.78, 5) is 24.4. The predicted octanol–water partition coefficient (Wildman–Crippen LogP) is 6.36. The minimum absolute atomic E-state index is 0.250. The quantitative estimate of drug-likeness (QED) is 0.297. The van der Waals surface area contributed by atoms with Gasteiger partial charge in [0.25, 0.3) is 0 Å². The summed E-state index contributed by atoms with van der Waals surface area (Å²) >= 11 is 12.1. The molecule has 0 bridgehead atoms. The zero-order valence-corrected chi connectivity index (χ0v) is 18.4. The first-order chi connectivity index (χ1) is 15.5. The highest BCUT2D eigenvalue weighted by molar-refractivity contribution is 6.44. The lowest BCUT2D eigenvalue weighted by Crippen LogP contribution is -2.19. The maximum Gasteiger partial charge on any atom is 0.359 e. The number of urea groups is 1. The van der Waals surface area contributed by atoms with Crippen molar-refractivity contribution < 1.29 is 14.3 Å². The Balaban J connectivity index is 1.53. The molecule has 0 saturated carbocycles. The molecule has 9 heteroatoms. The van der Waals surface area contributed by atoms with Crippen LogP contribution in [0.15, 0.2) is 60.7 Å². The van der Waals surface area contributed by atoms with Crippen LogP contribution >= 0.6 is 23.2 Å². The Morgan fingerprint density at radius 3 is 2.59 bits per heavy atom. The molecule has 0 spiro atoms. The van der Waals surface area contributed by atoms with Crippen LogP contribution < -0.4 is 10.6 Å². The number of anilines is 2. The van der Waals surface area contributed by atoms with Crippen molar-refractivity contribution in [3.05, 3.63) is 76.4 Å². The third-order valence-electron chi connectivity index (χ3n) is 4.69. The van der Waals surface area contributed by atoms with Gasteiger partial charge < -0.3 is 15.4 Å². The van der Waals surface area contributed by atoms with Crippen LogP contribution in [-0.4, -0.2) is 28.8 Å². The number of H-pyrrole nitrogens is 1. The lowest BCUT2D eigenvalue weighted by atomic mass is 10.0. The standard InChI is InChI=1S/C23H18Cl2N4O3/c1-2-32-22(30)21-16-10-9-14(12-19(16)28-29-21)13-5-3-6-15(11-13)26-23(31)27-18-8-4-7-17(24)20(18)25/h3-12H,2H2,1H3,(H,28,29)(H2,26,27,31). The van der Waals surface area contributed by atoms with Crippen molar-refractivity contribution in [1.29, 1.82) is 0 Å². The highest BCUT2D eigenvalue weighted by Crippen LogP contribution is 2.30. The van der Waals surface area contributed by atoms with Crippen molar-refractivity contribution in [2.24, 2.45) is 0 Å². The van der Waals surface area contributed by atoms with Crippen molar-refractivity contribution in [2.45, 2.75) is 6.92 Å². The number of nitrogens with zero attached hydrogens (tertiary/aromatic N) is 1. The molecule has 0 aliphatic heterocycles. The molecule has 1 heterocycles. The summed E-state index contributed by atoms with van der Waals surface area (Å²) in [6.07, 6.45) is 0. The number of rotatable bonds is 5. The number of ether oxygens (including phenoxy) is 1. The van der Waals surface area contributed by atoms with E-state index in [4.69, 9.17) is 27.9 Å². The largest absolute Gasteiger partial charge is 0.461 e.